The Labute approximate surface area is 162 Å². The molecule has 0 radical (unpaired) electrons. The number of anilines is 3. The predicted octanol–water partition coefficient (Wildman–Crippen LogP) is 2.44. The van der Waals surface area contributed by atoms with E-state index in [1.807, 2.05) is 13.0 Å². The molecule has 1 fully saturated rings. The van der Waals surface area contributed by atoms with Gasteiger partial charge in [-0.1, -0.05) is 6.92 Å². The van der Waals surface area contributed by atoms with Crippen molar-refractivity contribution in [2.24, 2.45) is 5.73 Å². The van der Waals surface area contributed by atoms with Crippen molar-refractivity contribution in [2.45, 2.75) is 38.1 Å². The topological polar surface area (TPSA) is 134 Å². The average molecular weight is 388 g/mol. The molecule has 144 valence electrons. The first kappa shape index (κ1) is 19.2. The van der Waals surface area contributed by atoms with Crippen molar-refractivity contribution in [1.82, 2.24) is 9.97 Å². The fraction of sp³-hybridized carbons (Fsp3) is 0.444. The van der Waals surface area contributed by atoms with E-state index < -0.39 is 0 Å². The highest BCUT2D eigenvalue weighted by Gasteiger charge is 2.23. The average Bonchev–Trinajstić information content (AvgIpc) is 3.04. The fourth-order valence-electron chi connectivity index (χ4n) is 3.17. The highest BCUT2D eigenvalue weighted by molar-refractivity contribution is 7.16. The lowest BCUT2D eigenvalue weighted by molar-refractivity contribution is 0.102. The molecule has 6 N–H and O–H groups in total. The Morgan fingerprint density at radius 1 is 1.59 bits per heavy atom. The van der Waals surface area contributed by atoms with Crippen LogP contribution in [0.2, 0.25) is 0 Å². The van der Waals surface area contributed by atoms with Crippen molar-refractivity contribution in [3.05, 3.63) is 29.2 Å². The zero-order valence-corrected chi connectivity index (χ0v) is 16.1. The van der Waals surface area contributed by atoms with Gasteiger partial charge in [-0.25, -0.2) is 4.98 Å². The lowest BCUT2D eigenvalue weighted by Gasteiger charge is -2.33. The maximum Gasteiger partial charge on any atom is 0.277 e. The smallest absolute Gasteiger partial charge is 0.277 e. The molecule has 0 saturated carbocycles. The molecule has 2 unspecified atom stereocenters. The van der Waals surface area contributed by atoms with Gasteiger partial charge in [-0.15, -0.1) is 11.3 Å². The Hall–Kier alpha value is -2.52. The third-order valence-corrected chi connectivity index (χ3v) is 5.74. The summed E-state index contributed by atoms with van der Waals surface area (Å²) in [6.45, 7) is 3.60. The lowest BCUT2D eigenvalue weighted by Crippen LogP contribution is -2.43. The normalized spacial score (nSPS) is 18.1. The first-order chi connectivity index (χ1) is 13.0. The molecule has 1 amide bonds. The number of pyridine rings is 1. The summed E-state index contributed by atoms with van der Waals surface area (Å²) in [4.78, 5) is 23.5. The molecule has 2 atom stereocenters. The van der Waals surface area contributed by atoms with Crippen molar-refractivity contribution >= 4 is 39.8 Å². The van der Waals surface area contributed by atoms with Gasteiger partial charge in [-0.3, -0.25) is 9.78 Å². The number of nitrogens with zero attached hydrogens (tertiary/aromatic N) is 3. The molecule has 1 saturated heterocycles. The van der Waals surface area contributed by atoms with Crippen LogP contribution in [-0.4, -0.2) is 41.2 Å². The van der Waals surface area contributed by atoms with Crippen molar-refractivity contribution in [2.75, 3.05) is 29.0 Å². The number of hydrogen-bond donors (Lipinski definition) is 4. The Morgan fingerprint density at radius 2 is 2.41 bits per heavy atom. The van der Waals surface area contributed by atoms with Crippen LogP contribution in [0.25, 0.3) is 0 Å². The monoisotopic (exact) mass is 387 g/mol. The van der Waals surface area contributed by atoms with Crippen LogP contribution >= 0.6 is 11.3 Å². The number of nitrogens with two attached hydrogens (primary N) is 2. The lowest BCUT2D eigenvalue weighted by atomic mass is 10.1. The molecule has 2 aromatic heterocycles. The number of carbonyl (C=O) groups is 1. The summed E-state index contributed by atoms with van der Waals surface area (Å²) < 4.78 is 0. The second-order valence-electron chi connectivity index (χ2n) is 6.80. The quantitative estimate of drug-likeness (QED) is 0.563. The summed E-state index contributed by atoms with van der Waals surface area (Å²) in [5.74, 6) is -0.298. The second-order valence-corrected chi connectivity index (χ2v) is 7.86. The van der Waals surface area contributed by atoms with Crippen LogP contribution < -0.4 is 21.7 Å². The molecule has 1 aliphatic heterocycles. The van der Waals surface area contributed by atoms with E-state index in [0.29, 0.717) is 17.1 Å². The SMILES string of the molecule is CC(CC=N)c1nc(C(=O)Nc2cnccc2N2CCCC(N)C2)c(N)s1. The van der Waals surface area contributed by atoms with Gasteiger partial charge in [0.25, 0.3) is 5.91 Å². The standard InChI is InChI=1S/C18H25N7OS/c1-11(4-6-19)18-24-15(16(21)27-18)17(26)23-13-9-22-7-5-14(13)25-8-2-3-12(20)10-25/h5-7,9,11-12,19H,2-4,8,10,20-21H2,1H3,(H,23,26). The summed E-state index contributed by atoms with van der Waals surface area (Å²) in [5.41, 5.74) is 13.9. The third-order valence-electron chi connectivity index (χ3n) is 4.62. The van der Waals surface area contributed by atoms with Gasteiger partial charge >= 0.3 is 0 Å². The number of amides is 1. The molecule has 0 spiro atoms. The van der Waals surface area contributed by atoms with Crippen molar-refractivity contribution in [1.29, 1.82) is 5.41 Å². The highest BCUT2D eigenvalue weighted by atomic mass is 32.1. The summed E-state index contributed by atoms with van der Waals surface area (Å²) in [6.07, 6.45) is 7.27. The Balaban J connectivity index is 1.80. The van der Waals surface area contributed by atoms with Crippen molar-refractivity contribution in [3.8, 4) is 0 Å². The van der Waals surface area contributed by atoms with Crippen LogP contribution in [0.4, 0.5) is 16.4 Å². The first-order valence-corrected chi connectivity index (χ1v) is 9.82. The largest absolute Gasteiger partial charge is 0.389 e. The maximum atomic E-state index is 12.8. The number of nitrogens with one attached hydrogen (secondary N) is 2. The molecule has 1 aliphatic rings. The van der Waals surface area contributed by atoms with Gasteiger partial charge in [0.2, 0.25) is 0 Å². The zero-order chi connectivity index (χ0) is 19.4. The van der Waals surface area contributed by atoms with Gasteiger partial charge in [0.1, 0.15) is 5.00 Å². The number of nitrogen functional groups attached to an aromatic ring is 1. The van der Waals surface area contributed by atoms with Gasteiger partial charge in [0.05, 0.1) is 22.6 Å². The number of aromatic nitrogens is 2. The van der Waals surface area contributed by atoms with Crippen LogP contribution in [0.3, 0.4) is 0 Å². The zero-order valence-electron chi connectivity index (χ0n) is 15.3. The molecule has 3 rings (SSSR count). The minimum Gasteiger partial charge on any atom is -0.389 e. The van der Waals surface area contributed by atoms with Crippen LogP contribution in [0, 0.1) is 5.41 Å². The van der Waals surface area contributed by atoms with E-state index in [-0.39, 0.29) is 23.6 Å². The van der Waals surface area contributed by atoms with Crippen LogP contribution in [0.15, 0.2) is 18.5 Å². The molecule has 3 heterocycles. The highest BCUT2D eigenvalue weighted by Crippen LogP contribution is 2.31. The Bertz CT molecular complexity index is 822. The van der Waals surface area contributed by atoms with Gasteiger partial charge in [-0.05, 0) is 31.5 Å². The van der Waals surface area contributed by atoms with Crippen LogP contribution in [0.5, 0.6) is 0 Å². The Kier molecular flexibility index (Phi) is 6.02. The summed E-state index contributed by atoms with van der Waals surface area (Å²) >= 11 is 1.29. The van der Waals surface area contributed by atoms with Crippen LogP contribution in [-0.2, 0) is 0 Å². The van der Waals surface area contributed by atoms with E-state index in [1.54, 1.807) is 12.4 Å². The number of thiazole rings is 1. The first-order valence-electron chi connectivity index (χ1n) is 9.00. The van der Waals surface area contributed by atoms with E-state index in [9.17, 15) is 4.79 Å². The van der Waals surface area contributed by atoms with E-state index in [2.05, 4.69) is 20.2 Å². The van der Waals surface area contributed by atoms with E-state index in [0.717, 1.165) is 36.6 Å². The number of carbonyl (C=O) groups excluding carboxylic acids is 1. The molecule has 2 aromatic rings. The minimum absolute atomic E-state index is 0.0557. The number of rotatable bonds is 6. The third kappa shape index (κ3) is 4.42. The molecule has 8 nitrogen and oxygen atoms in total. The predicted molar refractivity (Wildman–Crippen MR) is 110 cm³/mol. The van der Waals surface area contributed by atoms with Gasteiger partial charge in [-0.2, -0.15) is 0 Å². The van der Waals surface area contributed by atoms with Gasteiger partial charge < -0.3 is 27.1 Å². The van der Waals surface area contributed by atoms with E-state index in [4.69, 9.17) is 16.9 Å². The van der Waals surface area contributed by atoms with E-state index >= 15 is 0 Å². The summed E-state index contributed by atoms with van der Waals surface area (Å²) in [6, 6.07) is 2.01. The summed E-state index contributed by atoms with van der Waals surface area (Å²) in [5, 5.41) is 11.3. The van der Waals surface area contributed by atoms with Gasteiger partial charge in [0, 0.05) is 31.2 Å². The molecule has 0 aromatic carbocycles. The molecular formula is C18H25N7OS. The van der Waals surface area contributed by atoms with Crippen molar-refractivity contribution < 1.29 is 4.79 Å². The van der Waals surface area contributed by atoms with Crippen LogP contribution in [0.1, 0.15) is 47.6 Å². The summed E-state index contributed by atoms with van der Waals surface area (Å²) in [7, 11) is 0. The van der Waals surface area contributed by atoms with E-state index in [1.165, 1.54) is 17.6 Å². The van der Waals surface area contributed by atoms with Gasteiger partial charge in [0.15, 0.2) is 5.69 Å². The Morgan fingerprint density at radius 3 is 3.15 bits per heavy atom. The number of piperidine rings is 1. The molecule has 0 bridgehead atoms. The maximum absolute atomic E-state index is 12.8. The molecule has 27 heavy (non-hydrogen) atoms. The molecular weight excluding hydrogens is 362 g/mol. The number of hydrogen-bond acceptors (Lipinski definition) is 8. The minimum atomic E-state index is -0.354. The molecule has 9 heteroatoms. The molecule has 0 aliphatic carbocycles. The fourth-order valence-corrected chi connectivity index (χ4v) is 4.06. The second kappa shape index (κ2) is 8.45. The van der Waals surface area contributed by atoms with Crippen molar-refractivity contribution in [3.63, 3.8) is 0 Å².